The number of nitrogens with zero attached hydrogens (tertiary/aromatic N) is 5. The molecule has 35 heavy (non-hydrogen) atoms. The summed E-state index contributed by atoms with van der Waals surface area (Å²) in [5, 5.41) is 3.58. The molecule has 6 N–H and O–H groups in total. The van der Waals surface area contributed by atoms with Crippen molar-refractivity contribution in [3.8, 4) is 5.75 Å². The number of hydrogen-bond donors (Lipinski definition) is 3. The van der Waals surface area contributed by atoms with Crippen LogP contribution in [0.1, 0.15) is 63.4 Å². The van der Waals surface area contributed by atoms with E-state index in [0.29, 0.717) is 24.4 Å². The predicted octanol–water partition coefficient (Wildman–Crippen LogP) is 3.02. The van der Waals surface area contributed by atoms with Crippen molar-refractivity contribution < 1.29 is 22.3 Å². The molecule has 3 atom stereocenters. The maximum absolute atomic E-state index is 14.3. The lowest BCUT2D eigenvalue weighted by Crippen LogP contribution is -2.50. The van der Waals surface area contributed by atoms with Crippen LogP contribution in [0.3, 0.4) is 0 Å². The van der Waals surface area contributed by atoms with Gasteiger partial charge in [-0.3, -0.25) is 9.89 Å². The quantitative estimate of drug-likeness (QED) is 0.288. The molecule has 0 spiro atoms. The molecule has 3 unspecified atom stereocenters. The van der Waals surface area contributed by atoms with Crippen molar-refractivity contribution in [2.24, 2.45) is 16.5 Å². The topological polar surface area (TPSA) is 134 Å². The number of rotatable bonds is 8. The van der Waals surface area contributed by atoms with Crippen molar-refractivity contribution in [3.05, 3.63) is 35.2 Å². The number of aliphatic imine (C=N–C) groups is 1. The largest absolute Gasteiger partial charge is 0.488 e. The van der Waals surface area contributed by atoms with E-state index in [-0.39, 0.29) is 36.3 Å². The van der Waals surface area contributed by atoms with Crippen LogP contribution in [0, 0.1) is 5.82 Å². The van der Waals surface area contributed by atoms with Gasteiger partial charge >= 0.3 is 6.18 Å². The molecular formula is C22H32F4N8O. The van der Waals surface area contributed by atoms with Crippen molar-refractivity contribution in [2.45, 2.75) is 71.2 Å². The first-order valence-electron chi connectivity index (χ1n) is 11.4. The summed E-state index contributed by atoms with van der Waals surface area (Å²) in [6.45, 7) is 8.12. The predicted molar refractivity (Wildman–Crippen MR) is 124 cm³/mol. The van der Waals surface area contributed by atoms with E-state index < -0.39 is 36.1 Å². The van der Waals surface area contributed by atoms with E-state index >= 15 is 0 Å². The first-order valence-corrected chi connectivity index (χ1v) is 11.4. The van der Waals surface area contributed by atoms with Crippen LogP contribution in [0.15, 0.2) is 17.1 Å². The van der Waals surface area contributed by atoms with Gasteiger partial charge in [0.05, 0.1) is 30.9 Å². The Hall–Kier alpha value is -2.77. The van der Waals surface area contributed by atoms with Crippen LogP contribution in [0.2, 0.25) is 0 Å². The monoisotopic (exact) mass is 500 g/mol. The lowest BCUT2D eigenvalue weighted by molar-refractivity contribution is -0.145. The summed E-state index contributed by atoms with van der Waals surface area (Å²) in [6.07, 6.45) is -5.28. The number of nitrogens with two attached hydrogens (primary N) is 3. The van der Waals surface area contributed by atoms with Gasteiger partial charge in [0.2, 0.25) is 0 Å². The van der Waals surface area contributed by atoms with E-state index in [1.165, 1.54) is 10.7 Å². The molecule has 0 aliphatic carbocycles. The number of ether oxygens (including phenoxy) is 1. The minimum atomic E-state index is -4.63. The van der Waals surface area contributed by atoms with Gasteiger partial charge in [-0.25, -0.2) is 14.1 Å². The normalized spacial score (nSPS) is 19.1. The number of halogens is 4. The number of nitrogen functional groups attached to an aromatic ring is 1. The number of benzene rings is 1. The molecule has 0 saturated carbocycles. The molecule has 2 aromatic rings. The number of anilines is 1. The molecule has 1 aliphatic heterocycles. The molecule has 1 aliphatic rings. The second-order valence-corrected chi connectivity index (χ2v) is 8.72. The Morgan fingerprint density at radius 3 is 2.54 bits per heavy atom. The highest BCUT2D eigenvalue weighted by Crippen LogP contribution is 2.33. The number of aromatic nitrogens is 3. The van der Waals surface area contributed by atoms with Crippen molar-refractivity contribution >= 4 is 11.4 Å². The van der Waals surface area contributed by atoms with Crippen LogP contribution in [-0.4, -0.2) is 50.7 Å². The molecular weight excluding hydrogens is 468 g/mol. The average molecular weight is 501 g/mol. The molecule has 0 fully saturated rings. The van der Waals surface area contributed by atoms with Gasteiger partial charge in [-0.05, 0) is 33.8 Å². The fourth-order valence-corrected chi connectivity index (χ4v) is 4.16. The summed E-state index contributed by atoms with van der Waals surface area (Å²) in [5.41, 5.74) is 20.2. The fraction of sp³-hybridized carbons (Fsp3) is 0.591. The summed E-state index contributed by atoms with van der Waals surface area (Å²) in [7, 11) is 0. The average Bonchev–Trinajstić information content (AvgIpc) is 3.21. The van der Waals surface area contributed by atoms with Gasteiger partial charge in [0, 0.05) is 42.5 Å². The van der Waals surface area contributed by atoms with E-state index in [2.05, 4.69) is 15.1 Å². The molecule has 1 aromatic heterocycles. The van der Waals surface area contributed by atoms with Crippen molar-refractivity contribution in [1.82, 2.24) is 19.7 Å². The summed E-state index contributed by atoms with van der Waals surface area (Å²) < 4.78 is 60.3. The first-order chi connectivity index (χ1) is 16.3. The van der Waals surface area contributed by atoms with Crippen LogP contribution in [0.5, 0.6) is 5.75 Å². The second-order valence-electron chi connectivity index (χ2n) is 8.72. The maximum atomic E-state index is 14.3. The minimum Gasteiger partial charge on any atom is -0.488 e. The Kier molecular flexibility index (Phi) is 8.02. The van der Waals surface area contributed by atoms with Gasteiger partial charge in [-0.15, -0.1) is 5.10 Å². The number of hydrogen-bond acceptors (Lipinski definition) is 8. The van der Waals surface area contributed by atoms with Gasteiger partial charge in [-0.2, -0.15) is 13.2 Å². The summed E-state index contributed by atoms with van der Waals surface area (Å²) >= 11 is 0. The molecule has 13 heteroatoms. The molecule has 1 aromatic carbocycles. The van der Waals surface area contributed by atoms with Gasteiger partial charge in [0.1, 0.15) is 5.82 Å². The zero-order valence-electron chi connectivity index (χ0n) is 20.2. The SMILES string of the molecule is CCN=C(CC(N)N1CCn2nc(C(F)(F)F)nc2C1C)C(N)c1cc(OC(C)C)c(F)cc1N. The molecule has 0 amide bonds. The molecule has 2 heterocycles. The third kappa shape index (κ3) is 5.90. The Bertz CT molecular complexity index is 1070. The van der Waals surface area contributed by atoms with Gasteiger partial charge in [0.15, 0.2) is 11.6 Å². The van der Waals surface area contributed by atoms with Crippen molar-refractivity contribution in [1.29, 1.82) is 0 Å². The maximum Gasteiger partial charge on any atom is 0.453 e. The smallest absolute Gasteiger partial charge is 0.453 e. The first kappa shape index (κ1) is 26.8. The molecule has 0 radical (unpaired) electrons. The molecule has 3 rings (SSSR count). The summed E-state index contributed by atoms with van der Waals surface area (Å²) in [6, 6.07) is 1.34. The highest BCUT2D eigenvalue weighted by Gasteiger charge is 2.40. The lowest BCUT2D eigenvalue weighted by atomic mass is 9.96. The number of fused-ring (bicyclic) bond motifs is 1. The fourth-order valence-electron chi connectivity index (χ4n) is 4.16. The Morgan fingerprint density at radius 2 is 1.94 bits per heavy atom. The van der Waals surface area contributed by atoms with Crippen molar-refractivity contribution in [3.63, 3.8) is 0 Å². The molecule has 0 saturated heterocycles. The Balaban J connectivity index is 1.82. The molecule has 9 nitrogen and oxygen atoms in total. The van der Waals surface area contributed by atoms with Crippen LogP contribution < -0.4 is 21.9 Å². The van der Waals surface area contributed by atoms with Crippen LogP contribution >= 0.6 is 0 Å². The van der Waals surface area contributed by atoms with Gasteiger partial charge < -0.3 is 21.9 Å². The highest BCUT2D eigenvalue weighted by molar-refractivity contribution is 5.92. The van der Waals surface area contributed by atoms with Gasteiger partial charge in [-0.1, -0.05) is 0 Å². The number of alkyl halides is 3. The third-order valence-corrected chi connectivity index (χ3v) is 5.79. The Morgan fingerprint density at radius 1 is 1.26 bits per heavy atom. The zero-order valence-corrected chi connectivity index (χ0v) is 20.2. The van der Waals surface area contributed by atoms with E-state index in [1.807, 2.05) is 11.8 Å². The van der Waals surface area contributed by atoms with E-state index in [4.69, 9.17) is 21.9 Å². The van der Waals surface area contributed by atoms with E-state index in [9.17, 15) is 17.6 Å². The van der Waals surface area contributed by atoms with E-state index in [0.717, 1.165) is 6.07 Å². The lowest BCUT2D eigenvalue weighted by Gasteiger charge is -2.37. The van der Waals surface area contributed by atoms with Crippen LogP contribution in [0.4, 0.5) is 23.2 Å². The molecule has 0 bridgehead atoms. The Labute approximate surface area is 201 Å². The third-order valence-electron chi connectivity index (χ3n) is 5.79. The summed E-state index contributed by atoms with van der Waals surface area (Å²) in [5.74, 6) is -1.54. The molecule has 194 valence electrons. The second kappa shape index (κ2) is 10.5. The summed E-state index contributed by atoms with van der Waals surface area (Å²) in [4.78, 5) is 10.0. The van der Waals surface area contributed by atoms with Crippen LogP contribution in [-0.2, 0) is 12.7 Å². The zero-order chi connectivity index (χ0) is 26.1. The van der Waals surface area contributed by atoms with E-state index in [1.54, 1.807) is 20.8 Å². The minimum absolute atomic E-state index is 0.0317. The van der Waals surface area contributed by atoms with Gasteiger partial charge in [0.25, 0.3) is 5.82 Å². The highest BCUT2D eigenvalue weighted by atomic mass is 19.4. The van der Waals surface area contributed by atoms with Crippen LogP contribution in [0.25, 0.3) is 0 Å². The van der Waals surface area contributed by atoms with Crippen molar-refractivity contribution in [2.75, 3.05) is 18.8 Å². The standard InChI is InChI=1S/C22H32F4N8O/c1-5-30-16(19(29)13-8-17(35-11(2)3)14(23)9-15(13)27)10-18(28)33-6-7-34-20(12(33)4)31-21(32-34)22(24,25)26/h8-9,11-12,18-19H,5-7,10,27-29H2,1-4H3.